The number of hydrogen-bond acceptors (Lipinski definition) is 4. The van der Waals surface area contributed by atoms with E-state index in [9.17, 15) is 10.1 Å². The van der Waals surface area contributed by atoms with E-state index < -0.39 is 4.92 Å². The summed E-state index contributed by atoms with van der Waals surface area (Å²) in [6.45, 7) is 2.56. The predicted molar refractivity (Wildman–Crippen MR) is 76.5 cm³/mol. The van der Waals surface area contributed by atoms with E-state index in [0.29, 0.717) is 12.2 Å². The number of nitro benzene ring substituents is 1. The van der Waals surface area contributed by atoms with Crippen molar-refractivity contribution in [3.05, 3.63) is 69.3 Å². The first-order valence-electron chi connectivity index (χ1n) is 6.26. The molecule has 0 saturated heterocycles. The molecule has 0 spiro atoms. The first kappa shape index (κ1) is 14.0. The summed E-state index contributed by atoms with van der Waals surface area (Å²) in [6.07, 6.45) is 0. The standard InChI is InChI=1S/C15H16N2O3/c1-11-2-4-12(5-3-11)10-20-15-7-6-13(9-16)8-14(15)17(18)19/h2-8H,9-10,16H2,1H3. The molecule has 0 fully saturated rings. The summed E-state index contributed by atoms with van der Waals surface area (Å²) in [5.74, 6) is 0.257. The van der Waals surface area contributed by atoms with Crippen LogP contribution in [0.5, 0.6) is 5.75 Å². The molecule has 104 valence electrons. The van der Waals surface area contributed by atoms with Gasteiger partial charge in [0, 0.05) is 12.6 Å². The molecule has 0 atom stereocenters. The third-order valence-electron chi connectivity index (χ3n) is 2.97. The largest absolute Gasteiger partial charge is 0.482 e. The molecule has 0 unspecified atom stereocenters. The molecule has 0 amide bonds. The van der Waals surface area contributed by atoms with Crippen LogP contribution in [0.1, 0.15) is 16.7 Å². The number of nitrogens with two attached hydrogens (primary N) is 1. The monoisotopic (exact) mass is 272 g/mol. The quantitative estimate of drug-likeness (QED) is 0.670. The van der Waals surface area contributed by atoms with Gasteiger partial charge >= 0.3 is 5.69 Å². The Morgan fingerprint density at radius 2 is 1.80 bits per heavy atom. The molecule has 0 aromatic heterocycles. The highest BCUT2D eigenvalue weighted by Crippen LogP contribution is 2.28. The summed E-state index contributed by atoms with van der Waals surface area (Å²) in [6, 6.07) is 12.6. The van der Waals surface area contributed by atoms with Gasteiger partial charge in [-0.05, 0) is 24.1 Å². The van der Waals surface area contributed by atoms with Crippen molar-refractivity contribution in [2.75, 3.05) is 0 Å². The van der Waals surface area contributed by atoms with E-state index in [-0.39, 0.29) is 18.0 Å². The molecule has 20 heavy (non-hydrogen) atoms. The molecular formula is C15H16N2O3. The molecule has 2 aromatic carbocycles. The average Bonchev–Trinajstić information content (AvgIpc) is 2.46. The molecule has 0 aliphatic carbocycles. The Labute approximate surface area is 117 Å². The van der Waals surface area contributed by atoms with Gasteiger partial charge in [0.2, 0.25) is 0 Å². The Hall–Kier alpha value is -2.40. The molecule has 0 aliphatic rings. The number of hydrogen-bond donors (Lipinski definition) is 1. The fourth-order valence-corrected chi connectivity index (χ4v) is 1.80. The second-order valence-electron chi connectivity index (χ2n) is 4.54. The van der Waals surface area contributed by atoms with Gasteiger partial charge in [-0.15, -0.1) is 0 Å². The first-order valence-corrected chi connectivity index (χ1v) is 6.26. The summed E-state index contributed by atoms with van der Waals surface area (Å²) in [5.41, 5.74) is 8.26. The van der Waals surface area contributed by atoms with E-state index in [2.05, 4.69) is 0 Å². The van der Waals surface area contributed by atoms with Gasteiger partial charge < -0.3 is 10.5 Å². The van der Waals surface area contributed by atoms with Crippen LogP contribution in [0.3, 0.4) is 0 Å². The summed E-state index contributed by atoms with van der Waals surface area (Å²) in [4.78, 5) is 10.6. The van der Waals surface area contributed by atoms with Crippen LogP contribution in [0.15, 0.2) is 42.5 Å². The smallest absolute Gasteiger partial charge is 0.311 e. The molecule has 5 nitrogen and oxygen atoms in total. The second-order valence-corrected chi connectivity index (χ2v) is 4.54. The maximum absolute atomic E-state index is 11.0. The highest BCUT2D eigenvalue weighted by Gasteiger charge is 2.15. The zero-order chi connectivity index (χ0) is 14.5. The summed E-state index contributed by atoms with van der Waals surface area (Å²) >= 11 is 0. The minimum Gasteiger partial charge on any atom is -0.482 e. The lowest BCUT2D eigenvalue weighted by molar-refractivity contribution is -0.386. The van der Waals surface area contributed by atoms with E-state index in [1.807, 2.05) is 31.2 Å². The van der Waals surface area contributed by atoms with Crippen molar-refractivity contribution in [2.24, 2.45) is 5.73 Å². The Kier molecular flexibility index (Phi) is 4.32. The van der Waals surface area contributed by atoms with Crippen molar-refractivity contribution < 1.29 is 9.66 Å². The topological polar surface area (TPSA) is 78.4 Å². The van der Waals surface area contributed by atoms with Gasteiger partial charge in [-0.25, -0.2) is 0 Å². The second kappa shape index (κ2) is 6.16. The van der Waals surface area contributed by atoms with Crippen molar-refractivity contribution in [3.63, 3.8) is 0 Å². The first-order chi connectivity index (χ1) is 9.60. The van der Waals surface area contributed by atoms with Gasteiger partial charge in [-0.2, -0.15) is 0 Å². The number of benzene rings is 2. The van der Waals surface area contributed by atoms with E-state index in [1.54, 1.807) is 12.1 Å². The normalized spacial score (nSPS) is 10.3. The van der Waals surface area contributed by atoms with E-state index in [4.69, 9.17) is 10.5 Å². The zero-order valence-electron chi connectivity index (χ0n) is 11.2. The molecular weight excluding hydrogens is 256 g/mol. The molecule has 2 N–H and O–H groups in total. The molecule has 0 bridgehead atoms. The number of aryl methyl sites for hydroxylation is 1. The van der Waals surface area contributed by atoms with Crippen LogP contribution in [0.25, 0.3) is 0 Å². The van der Waals surface area contributed by atoms with Crippen molar-refractivity contribution in [2.45, 2.75) is 20.1 Å². The number of nitro groups is 1. The lowest BCUT2D eigenvalue weighted by Crippen LogP contribution is -2.02. The number of ether oxygens (including phenoxy) is 1. The lowest BCUT2D eigenvalue weighted by atomic mass is 10.1. The van der Waals surface area contributed by atoms with Gasteiger partial charge in [-0.3, -0.25) is 10.1 Å². The molecule has 0 saturated carbocycles. The van der Waals surface area contributed by atoms with E-state index >= 15 is 0 Å². The van der Waals surface area contributed by atoms with Crippen LogP contribution in [0.2, 0.25) is 0 Å². The molecule has 5 heteroatoms. The fourth-order valence-electron chi connectivity index (χ4n) is 1.80. The SMILES string of the molecule is Cc1ccc(COc2ccc(CN)cc2[N+](=O)[O-])cc1. The van der Waals surface area contributed by atoms with Crippen molar-refractivity contribution in [1.82, 2.24) is 0 Å². The van der Waals surface area contributed by atoms with Crippen LogP contribution >= 0.6 is 0 Å². The maximum Gasteiger partial charge on any atom is 0.311 e. The van der Waals surface area contributed by atoms with Gasteiger partial charge in [-0.1, -0.05) is 35.9 Å². The van der Waals surface area contributed by atoms with E-state index in [0.717, 1.165) is 11.1 Å². The van der Waals surface area contributed by atoms with Gasteiger partial charge in [0.25, 0.3) is 0 Å². The van der Waals surface area contributed by atoms with Crippen LogP contribution < -0.4 is 10.5 Å². The highest BCUT2D eigenvalue weighted by molar-refractivity contribution is 5.48. The van der Waals surface area contributed by atoms with Crippen LogP contribution in [-0.2, 0) is 13.2 Å². The van der Waals surface area contributed by atoms with Crippen molar-refractivity contribution >= 4 is 5.69 Å². The molecule has 2 rings (SSSR count). The van der Waals surface area contributed by atoms with E-state index in [1.165, 1.54) is 6.07 Å². The molecule has 0 heterocycles. The highest BCUT2D eigenvalue weighted by atomic mass is 16.6. The Morgan fingerprint density at radius 1 is 1.15 bits per heavy atom. The van der Waals surface area contributed by atoms with Crippen LogP contribution in [0.4, 0.5) is 5.69 Å². The Bertz CT molecular complexity index is 609. The average molecular weight is 272 g/mol. The molecule has 0 radical (unpaired) electrons. The lowest BCUT2D eigenvalue weighted by Gasteiger charge is -2.08. The molecule has 2 aromatic rings. The predicted octanol–water partition coefficient (Wildman–Crippen LogP) is 2.94. The zero-order valence-corrected chi connectivity index (χ0v) is 11.2. The van der Waals surface area contributed by atoms with Crippen molar-refractivity contribution in [1.29, 1.82) is 0 Å². The maximum atomic E-state index is 11.0. The molecule has 0 aliphatic heterocycles. The van der Waals surface area contributed by atoms with Gasteiger partial charge in [0.1, 0.15) is 6.61 Å². The number of rotatable bonds is 5. The Morgan fingerprint density at radius 3 is 2.40 bits per heavy atom. The third-order valence-corrected chi connectivity index (χ3v) is 2.97. The summed E-state index contributed by atoms with van der Waals surface area (Å²) < 4.78 is 5.54. The van der Waals surface area contributed by atoms with Crippen molar-refractivity contribution in [3.8, 4) is 5.75 Å². The minimum absolute atomic E-state index is 0.0555. The third kappa shape index (κ3) is 3.33. The van der Waals surface area contributed by atoms with Gasteiger partial charge in [0.05, 0.1) is 4.92 Å². The minimum atomic E-state index is -0.455. The Balaban J connectivity index is 2.16. The van der Waals surface area contributed by atoms with Crippen LogP contribution in [0, 0.1) is 17.0 Å². The van der Waals surface area contributed by atoms with Gasteiger partial charge in [0.15, 0.2) is 5.75 Å². The van der Waals surface area contributed by atoms with Crippen LogP contribution in [-0.4, -0.2) is 4.92 Å². The summed E-state index contributed by atoms with van der Waals surface area (Å²) in [5, 5.41) is 11.0. The fraction of sp³-hybridized carbons (Fsp3) is 0.200. The number of nitrogens with zero attached hydrogens (tertiary/aromatic N) is 1. The summed E-state index contributed by atoms with van der Waals surface area (Å²) in [7, 11) is 0.